The van der Waals surface area contributed by atoms with Gasteiger partial charge in [-0.3, -0.25) is 4.79 Å². The molecular formula is C17H28N2O. The highest BCUT2D eigenvalue weighted by Crippen LogP contribution is 2.52. The van der Waals surface area contributed by atoms with E-state index < -0.39 is 0 Å². The van der Waals surface area contributed by atoms with Crippen molar-refractivity contribution in [2.24, 2.45) is 23.7 Å². The Bertz CT molecular complexity index is 410. The smallest absolute Gasteiger partial charge is 0.219 e. The molecule has 2 saturated carbocycles. The van der Waals surface area contributed by atoms with Crippen LogP contribution in [0, 0.1) is 35.0 Å². The quantitative estimate of drug-likeness (QED) is 0.790. The van der Waals surface area contributed by atoms with Gasteiger partial charge in [-0.2, -0.15) is 5.26 Å². The fourth-order valence-corrected chi connectivity index (χ4v) is 5.05. The normalized spacial score (nSPS) is 40.0. The number of rotatable bonds is 3. The van der Waals surface area contributed by atoms with Crippen molar-refractivity contribution < 1.29 is 4.79 Å². The number of hydrogen-bond donors (Lipinski definition) is 0. The van der Waals surface area contributed by atoms with E-state index in [2.05, 4.69) is 31.7 Å². The third kappa shape index (κ3) is 2.57. The topological polar surface area (TPSA) is 44.1 Å². The first-order valence-electron chi connectivity index (χ1n) is 8.11. The summed E-state index contributed by atoms with van der Waals surface area (Å²) in [6.07, 6.45) is 5.33. The third-order valence-corrected chi connectivity index (χ3v) is 5.45. The van der Waals surface area contributed by atoms with Crippen LogP contribution in [-0.2, 0) is 4.79 Å². The Morgan fingerprint density at radius 3 is 2.60 bits per heavy atom. The highest BCUT2D eigenvalue weighted by atomic mass is 16.2. The highest BCUT2D eigenvalue weighted by Gasteiger charge is 2.52. The largest absolute Gasteiger partial charge is 0.337 e. The van der Waals surface area contributed by atoms with Crippen LogP contribution >= 0.6 is 0 Å². The number of amides is 1. The van der Waals surface area contributed by atoms with Gasteiger partial charge in [0.05, 0.1) is 12.0 Å². The molecule has 0 heterocycles. The predicted octanol–water partition coefficient (Wildman–Crippen LogP) is 3.60. The summed E-state index contributed by atoms with van der Waals surface area (Å²) < 4.78 is 0. The lowest BCUT2D eigenvalue weighted by Gasteiger charge is -2.56. The van der Waals surface area contributed by atoms with E-state index >= 15 is 0 Å². The zero-order valence-corrected chi connectivity index (χ0v) is 13.4. The molecule has 0 aromatic heterocycles. The van der Waals surface area contributed by atoms with Gasteiger partial charge in [0, 0.05) is 19.0 Å². The minimum absolute atomic E-state index is 0.0247. The van der Waals surface area contributed by atoms with Crippen molar-refractivity contribution in [3.8, 4) is 6.07 Å². The molecule has 1 amide bonds. The predicted molar refractivity (Wildman–Crippen MR) is 79.8 cm³/mol. The Kier molecular flexibility index (Phi) is 4.42. The first kappa shape index (κ1) is 15.4. The van der Waals surface area contributed by atoms with Gasteiger partial charge in [0.25, 0.3) is 0 Å². The molecule has 3 nitrogen and oxygen atoms in total. The summed E-state index contributed by atoms with van der Waals surface area (Å²) in [7, 11) is 0. The first-order chi connectivity index (χ1) is 9.43. The second-order valence-electron chi connectivity index (χ2n) is 7.24. The molecule has 2 aliphatic carbocycles. The van der Waals surface area contributed by atoms with E-state index in [9.17, 15) is 10.1 Å². The fourth-order valence-electron chi connectivity index (χ4n) is 5.05. The van der Waals surface area contributed by atoms with Crippen LogP contribution in [0.5, 0.6) is 0 Å². The monoisotopic (exact) mass is 276 g/mol. The maximum atomic E-state index is 12.2. The molecule has 5 atom stereocenters. The van der Waals surface area contributed by atoms with Gasteiger partial charge < -0.3 is 4.90 Å². The molecule has 0 aromatic rings. The van der Waals surface area contributed by atoms with Crippen molar-refractivity contribution >= 4 is 5.91 Å². The molecule has 0 aromatic carbocycles. The van der Waals surface area contributed by atoms with Crippen LogP contribution in [0.25, 0.3) is 0 Å². The van der Waals surface area contributed by atoms with Crippen molar-refractivity contribution in [2.75, 3.05) is 6.54 Å². The molecule has 0 spiro atoms. The number of hydrogen-bond acceptors (Lipinski definition) is 2. The van der Waals surface area contributed by atoms with Gasteiger partial charge in [0.2, 0.25) is 5.91 Å². The van der Waals surface area contributed by atoms with Crippen molar-refractivity contribution in [1.29, 1.82) is 5.26 Å². The first-order valence-corrected chi connectivity index (χ1v) is 8.11. The molecule has 112 valence electrons. The summed E-state index contributed by atoms with van der Waals surface area (Å²) >= 11 is 0. The SMILES string of the molecule is CCCN(C(C)=O)C12CC(C)CC(C1)C(C#N)C(C)C2. The molecular weight excluding hydrogens is 248 g/mol. The Morgan fingerprint density at radius 1 is 1.35 bits per heavy atom. The van der Waals surface area contributed by atoms with Crippen LogP contribution in [-0.4, -0.2) is 22.9 Å². The van der Waals surface area contributed by atoms with Crippen LogP contribution in [0.1, 0.15) is 59.8 Å². The van der Waals surface area contributed by atoms with Gasteiger partial charge in [-0.1, -0.05) is 20.8 Å². The van der Waals surface area contributed by atoms with Crippen LogP contribution < -0.4 is 0 Å². The summed E-state index contributed by atoms with van der Waals surface area (Å²) in [5.74, 6) is 1.90. The summed E-state index contributed by atoms with van der Waals surface area (Å²) in [6.45, 7) is 9.20. The molecule has 20 heavy (non-hydrogen) atoms. The maximum Gasteiger partial charge on any atom is 0.219 e. The average Bonchev–Trinajstić information content (AvgIpc) is 2.34. The summed E-state index contributed by atoms with van der Waals surface area (Å²) in [5.41, 5.74) is 0.0247. The summed E-state index contributed by atoms with van der Waals surface area (Å²) in [5, 5.41) is 9.46. The Labute approximate surface area is 123 Å². The van der Waals surface area contributed by atoms with Crippen molar-refractivity contribution in [3.05, 3.63) is 0 Å². The highest BCUT2D eigenvalue weighted by molar-refractivity contribution is 5.74. The number of carbonyl (C=O) groups is 1. The van der Waals surface area contributed by atoms with E-state index in [1.54, 1.807) is 6.92 Å². The molecule has 2 rings (SSSR count). The van der Waals surface area contributed by atoms with Crippen molar-refractivity contribution in [3.63, 3.8) is 0 Å². The van der Waals surface area contributed by atoms with Gasteiger partial charge in [0.15, 0.2) is 0 Å². The number of nitrogens with zero attached hydrogens (tertiary/aromatic N) is 2. The van der Waals surface area contributed by atoms with Crippen LogP contribution in [0.4, 0.5) is 0 Å². The van der Waals surface area contributed by atoms with E-state index in [4.69, 9.17) is 0 Å². The van der Waals surface area contributed by atoms with E-state index in [0.29, 0.717) is 17.8 Å². The lowest BCUT2D eigenvalue weighted by atomic mass is 9.56. The van der Waals surface area contributed by atoms with Gasteiger partial charge in [0.1, 0.15) is 0 Å². The average molecular weight is 276 g/mol. The zero-order chi connectivity index (χ0) is 14.9. The molecule has 2 fully saturated rings. The van der Waals surface area contributed by atoms with Crippen molar-refractivity contribution in [2.45, 2.75) is 65.3 Å². The van der Waals surface area contributed by atoms with Crippen LogP contribution in [0.2, 0.25) is 0 Å². The fraction of sp³-hybridized carbons (Fsp3) is 0.882. The molecule has 2 aliphatic rings. The lowest BCUT2D eigenvalue weighted by molar-refractivity contribution is -0.143. The molecule has 3 heteroatoms. The van der Waals surface area contributed by atoms with Gasteiger partial charge >= 0.3 is 0 Å². The summed E-state index contributed by atoms with van der Waals surface area (Å²) in [4.78, 5) is 14.3. The Hall–Kier alpha value is -1.04. The van der Waals surface area contributed by atoms with E-state index in [-0.39, 0.29) is 17.4 Å². The van der Waals surface area contributed by atoms with Crippen LogP contribution in [0.15, 0.2) is 0 Å². The lowest BCUT2D eigenvalue weighted by Crippen LogP contribution is -2.59. The Morgan fingerprint density at radius 2 is 2.05 bits per heavy atom. The third-order valence-electron chi connectivity index (χ3n) is 5.45. The molecule has 2 bridgehead atoms. The van der Waals surface area contributed by atoms with E-state index in [1.165, 1.54) is 0 Å². The standard InChI is InChI=1S/C17H28N2O/c1-5-6-19(14(4)20)17-8-12(2)7-15(10-17)16(11-18)13(3)9-17/h12-13,15-16H,5-10H2,1-4H3. The van der Waals surface area contributed by atoms with Gasteiger partial charge in [-0.05, 0) is 49.9 Å². The van der Waals surface area contributed by atoms with Gasteiger partial charge in [-0.25, -0.2) is 0 Å². The second-order valence-corrected chi connectivity index (χ2v) is 7.24. The second kappa shape index (κ2) is 5.76. The zero-order valence-electron chi connectivity index (χ0n) is 13.4. The molecule has 0 saturated heterocycles. The molecule has 0 N–H and O–H groups in total. The maximum absolute atomic E-state index is 12.2. The number of nitriles is 1. The molecule has 0 aliphatic heterocycles. The van der Waals surface area contributed by atoms with Crippen molar-refractivity contribution in [1.82, 2.24) is 4.90 Å². The minimum atomic E-state index is 0.0247. The Balaban J connectivity index is 2.33. The number of carbonyl (C=O) groups excluding carboxylic acids is 1. The van der Waals surface area contributed by atoms with E-state index in [1.807, 2.05) is 0 Å². The summed E-state index contributed by atoms with van der Waals surface area (Å²) in [6, 6.07) is 2.54. The van der Waals surface area contributed by atoms with Gasteiger partial charge in [-0.15, -0.1) is 0 Å². The van der Waals surface area contributed by atoms with Crippen LogP contribution in [0.3, 0.4) is 0 Å². The number of fused-ring (bicyclic) bond motifs is 2. The molecule has 5 unspecified atom stereocenters. The van der Waals surface area contributed by atoms with E-state index in [0.717, 1.165) is 38.6 Å². The molecule has 0 radical (unpaired) electrons. The minimum Gasteiger partial charge on any atom is -0.337 e.